The first-order chi connectivity index (χ1) is 8.47. The van der Waals surface area contributed by atoms with Gasteiger partial charge >= 0.3 is 0 Å². The summed E-state index contributed by atoms with van der Waals surface area (Å²) in [5, 5.41) is 0. The molecule has 4 nitrogen and oxygen atoms in total. The number of aryl methyl sites for hydroxylation is 1. The maximum absolute atomic E-state index is 12.2. The maximum Gasteiger partial charge on any atom is 0.259 e. The zero-order valence-electron chi connectivity index (χ0n) is 11.3. The number of nitrogens with zero attached hydrogens (tertiary/aromatic N) is 1. The van der Waals surface area contributed by atoms with Crippen molar-refractivity contribution in [3.8, 4) is 0 Å². The van der Waals surface area contributed by atoms with Crippen molar-refractivity contribution >= 4 is 17.7 Å². The molecule has 1 unspecified atom stereocenters. The molecule has 0 saturated carbocycles. The van der Waals surface area contributed by atoms with Crippen LogP contribution in [0.4, 0.5) is 0 Å². The van der Waals surface area contributed by atoms with Gasteiger partial charge in [-0.1, -0.05) is 0 Å². The molecule has 1 heterocycles. The van der Waals surface area contributed by atoms with Crippen LogP contribution in [0.2, 0.25) is 0 Å². The molecule has 1 aromatic rings. The van der Waals surface area contributed by atoms with Crippen molar-refractivity contribution < 1.29 is 4.79 Å². The number of aromatic amines is 1. The summed E-state index contributed by atoms with van der Waals surface area (Å²) in [6, 6.07) is 1.58. The van der Waals surface area contributed by atoms with Crippen molar-refractivity contribution in [3.05, 3.63) is 33.7 Å². The Morgan fingerprint density at radius 3 is 2.78 bits per heavy atom. The largest absolute Gasteiger partial charge is 0.364 e. The summed E-state index contributed by atoms with van der Waals surface area (Å²) in [4.78, 5) is 28.5. The van der Waals surface area contributed by atoms with E-state index in [9.17, 15) is 9.59 Å². The fourth-order valence-corrected chi connectivity index (χ4v) is 2.19. The second kappa shape index (κ2) is 6.64. The predicted molar refractivity (Wildman–Crippen MR) is 76.4 cm³/mol. The van der Waals surface area contributed by atoms with Crippen LogP contribution in [0.1, 0.15) is 29.4 Å². The number of pyridine rings is 1. The molecule has 0 aliphatic carbocycles. The normalized spacial score (nSPS) is 12.2. The molecule has 1 atom stereocenters. The number of thioether (sulfide) groups is 1. The Morgan fingerprint density at radius 2 is 2.22 bits per heavy atom. The van der Waals surface area contributed by atoms with Gasteiger partial charge in [-0.15, -0.1) is 0 Å². The molecule has 100 valence electrons. The molecule has 0 bridgehead atoms. The average Bonchev–Trinajstić information content (AvgIpc) is 2.34. The van der Waals surface area contributed by atoms with Crippen LogP contribution < -0.4 is 5.43 Å². The number of nitrogens with one attached hydrogen (secondary N) is 1. The Balaban J connectivity index is 2.83. The Bertz CT molecular complexity index is 470. The summed E-state index contributed by atoms with van der Waals surface area (Å²) in [7, 11) is 1.74. The highest BCUT2D eigenvalue weighted by atomic mass is 32.2. The third-order valence-corrected chi connectivity index (χ3v) is 3.65. The van der Waals surface area contributed by atoms with Gasteiger partial charge in [-0.2, -0.15) is 11.8 Å². The van der Waals surface area contributed by atoms with Gasteiger partial charge in [0.1, 0.15) is 5.56 Å². The van der Waals surface area contributed by atoms with E-state index >= 15 is 0 Å². The van der Waals surface area contributed by atoms with Crippen molar-refractivity contribution in [1.29, 1.82) is 0 Å². The molecule has 0 radical (unpaired) electrons. The number of hydrogen-bond acceptors (Lipinski definition) is 3. The van der Waals surface area contributed by atoms with Gasteiger partial charge in [0.25, 0.3) is 5.91 Å². The van der Waals surface area contributed by atoms with Gasteiger partial charge in [0.2, 0.25) is 0 Å². The first-order valence-electron chi connectivity index (χ1n) is 5.92. The number of H-pyrrole nitrogens is 1. The molecule has 1 amide bonds. The third-order valence-electron chi connectivity index (χ3n) is 3.01. The van der Waals surface area contributed by atoms with Gasteiger partial charge in [-0.3, -0.25) is 9.59 Å². The van der Waals surface area contributed by atoms with Gasteiger partial charge in [-0.25, -0.2) is 0 Å². The maximum atomic E-state index is 12.2. The van der Waals surface area contributed by atoms with Crippen molar-refractivity contribution in [2.75, 3.05) is 19.1 Å². The van der Waals surface area contributed by atoms with Gasteiger partial charge in [-0.05, 0) is 32.3 Å². The zero-order chi connectivity index (χ0) is 13.7. The Kier molecular flexibility index (Phi) is 5.47. The van der Waals surface area contributed by atoms with Gasteiger partial charge in [0, 0.05) is 31.0 Å². The van der Waals surface area contributed by atoms with Gasteiger partial charge < -0.3 is 9.88 Å². The molecule has 5 heteroatoms. The molecule has 0 saturated heterocycles. The number of carbonyl (C=O) groups excluding carboxylic acids is 1. The SMILES string of the molecule is CSCCC(C)N(C)C(=O)c1c[nH]c(C)cc1=O. The zero-order valence-corrected chi connectivity index (χ0v) is 12.1. The molecule has 18 heavy (non-hydrogen) atoms. The van der Waals surface area contributed by atoms with Crippen LogP contribution in [0.3, 0.4) is 0 Å². The van der Waals surface area contributed by atoms with E-state index in [4.69, 9.17) is 0 Å². The molecule has 1 N–H and O–H groups in total. The topological polar surface area (TPSA) is 53.2 Å². The number of hydrogen-bond donors (Lipinski definition) is 1. The first-order valence-corrected chi connectivity index (χ1v) is 7.32. The quantitative estimate of drug-likeness (QED) is 0.887. The summed E-state index contributed by atoms with van der Waals surface area (Å²) >= 11 is 1.75. The Labute approximate surface area is 112 Å². The molecule has 0 aliphatic heterocycles. The lowest BCUT2D eigenvalue weighted by Gasteiger charge is -2.24. The predicted octanol–water partition coefficient (Wildman–Crippen LogP) is 1.90. The molecule has 0 spiro atoms. The summed E-state index contributed by atoms with van der Waals surface area (Å²) < 4.78 is 0. The number of carbonyl (C=O) groups is 1. The molecule has 1 aromatic heterocycles. The molecule has 0 fully saturated rings. The van der Waals surface area contributed by atoms with Gasteiger partial charge in [0.15, 0.2) is 5.43 Å². The van der Waals surface area contributed by atoms with E-state index in [1.807, 2.05) is 13.2 Å². The summed E-state index contributed by atoms with van der Waals surface area (Å²) in [5.74, 6) is 0.785. The highest BCUT2D eigenvalue weighted by molar-refractivity contribution is 7.98. The van der Waals surface area contributed by atoms with Crippen molar-refractivity contribution in [2.24, 2.45) is 0 Å². The minimum Gasteiger partial charge on any atom is -0.364 e. The Hall–Kier alpha value is -1.23. The van der Waals surface area contributed by atoms with Crippen LogP contribution in [0.15, 0.2) is 17.1 Å². The highest BCUT2D eigenvalue weighted by Crippen LogP contribution is 2.08. The van der Waals surface area contributed by atoms with Crippen LogP contribution in [0.25, 0.3) is 0 Å². The Morgan fingerprint density at radius 1 is 1.56 bits per heavy atom. The highest BCUT2D eigenvalue weighted by Gasteiger charge is 2.19. The molecule has 0 aliphatic rings. The lowest BCUT2D eigenvalue weighted by Crippen LogP contribution is -2.37. The van der Waals surface area contributed by atoms with Crippen molar-refractivity contribution in [3.63, 3.8) is 0 Å². The minimum atomic E-state index is -0.222. The minimum absolute atomic E-state index is 0.130. The monoisotopic (exact) mass is 268 g/mol. The van der Waals surface area contributed by atoms with Crippen LogP contribution in [-0.2, 0) is 0 Å². The van der Waals surface area contributed by atoms with E-state index in [0.29, 0.717) is 0 Å². The summed E-state index contributed by atoms with van der Waals surface area (Å²) in [6.07, 6.45) is 4.46. The summed E-state index contributed by atoms with van der Waals surface area (Å²) in [5.41, 5.74) is 0.744. The standard InChI is InChI=1S/C13H20N2O2S/c1-9-7-12(16)11(8-14-9)13(17)15(3)10(2)5-6-18-4/h7-8,10H,5-6H2,1-4H3,(H,14,16). The average molecular weight is 268 g/mol. The molecular weight excluding hydrogens is 248 g/mol. The number of aromatic nitrogens is 1. The second-order valence-electron chi connectivity index (χ2n) is 4.44. The molecular formula is C13H20N2O2S. The van der Waals surface area contributed by atoms with Crippen LogP contribution in [0, 0.1) is 6.92 Å². The van der Waals surface area contributed by atoms with Gasteiger partial charge in [0.05, 0.1) is 0 Å². The summed E-state index contributed by atoms with van der Waals surface area (Å²) in [6.45, 7) is 3.79. The third kappa shape index (κ3) is 3.63. The van der Waals surface area contributed by atoms with Crippen LogP contribution in [-0.4, -0.2) is 40.9 Å². The number of amides is 1. The fraction of sp³-hybridized carbons (Fsp3) is 0.538. The number of rotatable bonds is 5. The van der Waals surface area contributed by atoms with Crippen LogP contribution >= 0.6 is 11.8 Å². The van der Waals surface area contributed by atoms with E-state index in [0.717, 1.165) is 17.9 Å². The molecule has 1 rings (SSSR count). The molecule has 0 aromatic carbocycles. The van der Waals surface area contributed by atoms with E-state index in [-0.39, 0.29) is 22.9 Å². The van der Waals surface area contributed by atoms with Crippen LogP contribution in [0.5, 0.6) is 0 Å². The first kappa shape index (κ1) is 14.8. The van der Waals surface area contributed by atoms with E-state index in [2.05, 4.69) is 4.98 Å². The van der Waals surface area contributed by atoms with Crippen molar-refractivity contribution in [2.45, 2.75) is 26.3 Å². The smallest absolute Gasteiger partial charge is 0.259 e. The van der Waals surface area contributed by atoms with E-state index < -0.39 is 0 Å². The van der Waals surface area contributed by atoms with E-state index in [1.54, 1.807) is 30.6 Å². The van der Waals surface area contributed by atoms with E-state index in [1.165, 1.54) is 12.3 Å². The lowest BCUT2D eigenvalue weighted by atomic mass is 10.1. The van der Waals surface area contributed by atoms with Crippen molar-refractivity contribution in [1.82, 2.24) is 9.88 Å². The lowest BCUT2D eigenvalue weighted by molar-refractivity contribution is 0.0739. The fourth-order valence-electron chi connectivity index (χ4n) is 1.61. The second-order valence-corrected chi connectivity index (χ2v) is 5.43.